The number of aryl methyl sites for hydroxylation is 1. The van der Waals surface area contributed by atoms with Gasteiger partial charge in [-0.15, -0.1) is 13.2 Å². The molecule has 0 heterocycles. The van der Waals surface area contributed by atoms with E-state index in [-0.39, 0.29) is 24.2 Å². The number of hydrogen-bond acceptors (Lipinski definition) is 4. The quantitative estimate of drug-likeness (QED) is 0.784. The zero-order valence-electron chi connectivity index (χ0n) is 11.6. The number of alkyl halides is 3. The van der Waals surface area contributed by atoms with Gasteiger partial charge in [0.25, 0.3) is 0 Å². The summed E-state index contributed by atoms with van der Waals surface area (Å²) < 4.78 is 45.8. The predicted molar refractivity (Wildman–Crippen MR) is 67.6 cm³/mol. The fourth-order valence-electron chi connectivity index (χ4n) is 1.80. The van der Waals surface area contributed by atoms with Crippen molar-refractivity contribution in [2.24, 2.45) is 0 Å². The third-order valence-corrected chi connectivity index (χ3v) is 2.65. The molecule has 0 radical (unpaired) electrons. The van der Waals surface area contributed by atoms with Gasteiger partial charge in [-0.1, -0.05) is 13.0 Å². The molecule has 0 amide bonds. The lowest BCUT2D eigenvalue weighted by atomic mass is 10.00. The molecule has 0 aliphatic heterocycles. The molecule has 0 aliphatic rings. The van der Waals surface area contributed by atoms with Crippen molar-refractivity contribution in [3.8, 4) is 11.8 Å². The first-order valence-electron chi connectivity index (χ1n) is 6.28. The summed E-state index contributed by atoms with van der Waals surface area (Å²) in [7, 11) is 0. The lowest BCUT2D eigenvalue weighted by Crippen LogP contribution is -2.19. The van der Waals surface area contributed by atoms with Gasteiger partial charge in [-0.2, -0.15) is 5.26 Å². The van der Waals surface area contributed by atoms with Crippen LogP contribution in [0.2, 0.25) is 0 Å². The first-order valence-corrected chi connectivity index (χ1v) is 6.28. The van der Waals surface area contributed by atoms with Crippen LogP contribution in [0.3, 0.4) is 0 Å². The molecule has 114 valence electrons. The van der Waals surface area contributed by atoms with E-state index in [4.69, 9.17) is 10.00 Å². The topological polar surface area (TPSA) is 59.3 Å². The van der Waals surface area contributed by atoms with E-state index in [0.29, 0.717) is 12.0 Å². The van der Waals surface area contributed by atoms with Crippen molar-refractivity contribution < 1.29 is 27.4 Å². The molecule has 0 spiro atoms. The van der Waals surface area contributed by atoms with Crippen LogP contribution in [0.15, 0.2) is 12.1 Å². The highest BCUT2D eigenvalue weighted by molar-refractivity contribution is 5.74. The van der Waals surface area contributed by atoms with E-state index in [2.05, 4.69) is 4.74 Å². The minimum atomic E-state index is -4.90. The van der Waals surface area contributed by atoms with E-state index in [9.17, 15) is 18.0 Å². The Morgan fingerprint density at radius 3 is 2.43 bits per heavy atom. The van der Waals surface area contributed by atoms with Crippen LogP contribution in [0, 0.1) is 11.3 Å². The third-order valence-electron chi connectivity index (χ3n) is 2.65. The second-order valence-corrected chi connectivity index (χ2v) is 4.11. The minimum absolute atomic E-state index is 0.0432. The Bertz CT molecular complexity index is 562. The molecule has 1 aromatic rings. The Labute approximate surface area is 120 Å². The summed E-state index contributed by atoms with van der Waals surface area (Å²) in [6.07, 6.45) is -4.80. The van der Waals surface area contributed by atoms with Crippen LogP contribution in [-0.4, -0.2) is 18.9 Å². The standard InChI is InChI=1S/C14H14F3NO3/c1-3-9-5-10(7-13(19)20-4-2)12(6-11(9)8-18)21-14(15,16)17/h5-6H,3-4,7H2,1-2H3. The van der Waals surface area contributed by atoms with Crippen molar-refractivity contribution >= 4 is 5.97 Å². The molecule has 0 N–H and O–H groups in total. The Morgan fingerprint density at radius 2 is 1.95 bits per heavy atom. The molecule has 4 nitrogen and oxygen atoms in total. The van der Waals surface area contributed by atoms with E-state index in [1.54, 1.807) is 13.8 Å². The maximum absolute atomic E-state index is 12.4. The van der Waals surface area contributed by atoms with Crippen LogP contribution in [0.5, 0.6) is 5.75 Å². The zero-order valence-corrected chi connectivity index (χ0v) is 11.6. The molecule has 0 fully saturated rings. The molecular formula is C14H14F3NO3. The number of rotatable bonds is 5. The first kappa shape index (κ1) is 16.8. The fourth-order valence-corrected chi connectivity index (χ4v) is 1.80. The average Bonchev–Trinajstić information content (AvgIpc) is 2.38. The molecule has 0 saturated heterocycles. The van der Waals surface area contributed by atoms with Crippen molar-refractivity contribution in [1.82, 2.24) is 0 Å². The van der Waals surface area contributed by atoms with Crippen LogP contribution in [0.4, 0.5) is 13.2 Å². The van der Waals surface area contributed by atoms with Crippen molar-refractivity contribution in [3.63, 3.8) is 0 Å². The number of benzene rings is 1. The van der Waals surface area contributed by atoms with Crippen molar-refractivity contribution in [2.45, 2.75) is 33.1 Å². The fraction of sp³-hybridized carbons (Fsp3) is 0.429. The van der Waals surface area contributed by atoms with Crippen molar-refractivity contribution in [2.75, 3.05) is 6.61 Å². The van der Waals surface area contributed by atoms with Crippen LogP contribution in [-0.2, 0) is 22.4 Å². The van der Waals surface area contributed by atoms with Crippen LogP contribution in [0.1, 0.15) is 30.5 Å². The molecule has 0 unspecified atom stereocenters. The Morgan fingerprint density at radius 1 is 1.29 bits per heavy atom. The highest BCUT2D eigenvalue weighted by Crippen LogP contribution is 2.30. The highest BCUT2D eigenvalue weighted by atomic mass is 19.4. The van der Waals surface area contributed by atoms with Gasteiger partial charge in [0.05, 0.1) is 24.7 Å². The Hall–Kier alpha value is -2.23. The van der Waals surface area contributed by atoms with Gasteiger partial charge in [-0.3, -0.25) is 4.79 Å². The van der Waals surface area contributed by atoms with Crippen molar-refractivity contribution in [3.05, 3.63) is 28.8 Å². The van der Waals surface area contributed by atoms with E-state index in [1.807, 2.05) is 6.07 Å². The number of carbonyl (C=O) groups excluding carboxylic acids is 1. The van der Waals surface area contributed by atoms with E-state index in [0.717, 1.165) is 6.07 Å². The molecule has 0 bridgehead atoms. The summed E-state index contributed by atoms with van der Waals surface area (Å²) in [4.78, 5) is 11.5. The summed E-state index contributed by atoms with van der Waals surface area (Å²) in [5.74, 6) is -1.21. The molecule has 21 heavy (non-hydrogen) atoms. The van der Waals surface area contributed by atoms with Gasteiger partial charge in [0.1, 0.15) is 5.75 Å². The number of hydrogen-bond donors (Lipinski definition) is 0. The number of nitriles is 1. The third kappa shape index (κ3) is 4.99. The molecule has 0 atom stereocenters. The molecule has 7 heteroatoms. The minimum Gasteiger partial charge on any atom is -0.466 e. The smallest absolute Gasteiger partial charge is 0.466 e. The van der Waals surface area contributed by atoms with Gasteiger partial charge in [0.2, 0.25) is 0 Å². The molecule has 1 rings (SSSR count). The summed E-state index contributed by atoms with van der Waals surface area (Å²) in [5.41, 5.74) is 0.678. The predicted octanol–water partition coefficient (Wildman–Crippen LogP) is 3.12. The van der Waals surface area contributed by atoms with E-state index >= 15 is 0 Å². The number of nitrogens with zero attached hydrogens (tertiary/aromatic N) is 1. The van der Waals surface area contributed by atoms with Gasteiger partial charge < -0.3 is 9.47 Å². The Balaban J connectivity index is 3.23. The maximum Gasteiger partial charge on any atom is 0.573 e. The summed E-state index contributed by atoms with van der Waals surface area (Å²) in [6, 6.07) is 4.19. The number of ether oxygens (including phenoxy) is 2. The molecule has 0 saturated carbocycles. The zero-order chi connectivity index (χ0) is 16.0. The molecular weight excluding hydrogens is 287 g/mol. The van der Waals surface area contributed by atoms with Crippen LogP contribution >= 0.6 is 0 Å². The first-order chi connectivity index (χ1) is 9.80. The van der Waals surface area contributed by atoms with Gasteiger partial charge in [0.15, 0.2) is 0 Å². The van der Waals surface area contributed by atoms with Crippen molar-refractivity contribution in [1.29, 1.82) is 5.26 Å². The second-order valence-electron chi connectivity index (χ2n) is 4.11. The normalized spacial score (nSPS) is 10.9. The molecule has 0 aromatic heterocycles. The average molecular weight is 301 g/mol. The molecule has 0 aliphatic carbocycles. The lowest BCUT2D eigenvalue weighted by molar-refractivity contribution is -0.275. The second kappa shape index (κ2) is 6.97. The molecule has 1 aromatic carbocycles. The van der Waals surface area contributed by atoms with Crippen LogP contribution in [0.25, 0.3) is 0 Å². The van der Waals surface area contributed by atoms with E-state index < -0.39 is 18.1 Å². The maximum atomic E-state index is 12.4. The Kier molecular flexibility index (Phi) is 5.59. The summed E-state index contributed by atoms with van der Waals surface area (Å²) in [5, 5.41) is 8.95. The number of halogens is 3. The number of esters is 1. The number of carbonyl (C=O) groups is 1. The van der Waals surface area contributed by atoms with Gasteiger partial charge in [-0.25, -0.2) is 0 Å². The van der Waals surface area contributed by atoms with Gasteiger partial charge >= 0.3 is 12.3 Å². The van der Waals surface area contributed by atoms with Crippen LogP contribution < -0.4 is 4.74 Å². The summed E-state index contributed by atoms with van der Waals surface area (Å²) >= 11 is 0. The monoisotopic (exact) mass is 301 g/mol. The highest BCUT2D eigenvalue weighted by Gasteiger charge is 2.32. The lowest BCUT2D eigenvalue weighted by Gasteiger charge is -2.15. The summed E-state index contributed by atoms with van der Waals surface area (Å²) in [6.45, 7) is 3.49. The van der Waals surface area contributed by atoms with Gasteiger partial charge in [-0.05, 0) is 25.0 Å². The SMILES string of the molecule is CCOC(=O)Cc1cc(CC)c(C#N)cc1OC(F)(F)F. The van der Waals surface area contributed by atoms with E-state index in [1.165, 1.54) is 6.07 Å². The van der Waals surface area contributed by atoms with Gasteiger partial charge in [0, 0.05) is 5.56 Å². The largest absolute Gasteiger partial charge is 0.573 e.